The zero-order valence-corrected chi connectivity index (χ0v) is 13.3. The van der Waals surface area contributed by atoms with Gasteiger partial charge in [0, 0.05) is 19.7 Å². The lowest BCUT2D eigenvalue weighted by molar-refractivity contribution is 0.157. The Balaban J connectivity index is 3.01. The Morgan fingerprint density at radius 1 is 1.35 bits per heavy atom. The molecule has 114 valence electrons. The second-order valence-electron chi connectivity index (χ2n) is 5.22. The number of rotatable bonds is 7. The predicted octanol–water partition coefficient (Wildman–Crippen LogP) is 1.40. The van der Waals surface area contributed by atoms with Gasteiger partial charge in [0.2, 0.25) is 10.0 Å². The maximum atomic E-state index is 12.4. The molecule has 0 bridgehead atoms. The number of benzene rings is 1. The van der Waals surface area contributed by atoms with Gasteiger partial charge >= 0.3 is 0 Å². The van der Waals surface area contributed by atoms with Crippen LogP contribution in [0.25, 0.3) is 0 Å². The Hall–Kier alpha value is -0.950. The highest BCUT2D eigenvalue weighted by Gasteiger charge is 2.22. The van der Waals surface area contributed by atoms with Crippen molar-refractivity contribution >= 4 is 10.0 Å². The number of hydrogen-bond donors (Lipinski definition) is 2. The molecule has 0 saturated heterocycles. The minimum atomic E-state index is -3.55. The summed E-state index contributed by atoms with van der Waals surface area (Å²) in [4.78, 5) is 0.258. The van der Waals surface area contributed by atoms with Crippen LogP contribution in [0.5, 0.6) is 0 Å². The first-order chi connectivity index (χ1) is 9.31. The molecule has 0 amide bonds. The van der Waals surface area contributed by atoms with Gasteiger partial charge in [0.1, 0.15) is 0 Å². The summed E-state index contributed by atoms with van der Waals surface area (Å²) in [7, 11) is -1.99. The van der Waals surface area contributed by atoms with E-state index in [1.165, 1.54) is 0 Å². The van der Waals surface area contributed by atoms with Crippen LogP contribution in [0.15, 0.2) is 23.1 Å². The lowest BCUT2D eigenvalue weighted by Gasteiger charge is -2.21. The molecule has 0 radical (unpaired) electrons. The molecule has 1 atom stereocenters. The van der Waals surface area contributed by atoms with Crippen molar-refractivity contribution in [3.05, 3.63) is 29.3 Å². The van der Waals surface area contributed by atoms with Gasteiger partial charge in [-0.1, -0.05) is 19.9 Å². The maximum Gasteiger partial charge on any atom is 0.240 e. The van der Waals surface area contributed by atoms with Gasteiger partial charge in [0.15, 0.2) is 0 Å². The molecular weight excluding hydrogens is 276 g/mol. The molecular formula is C14H24N2O3S. The summed E-state index contributed by atoms with van der Waals surface area (Å²) >= 11 is 0. The van der Waals surface area contributed by atoms with Crippen molar-refractivity contribution < 1.29 is 13.2 Å². The molecule has 1 unspecified atom stereocenters. The second-order valence-corrected chi connectivity index (χ2v) is 6.93. The fourth-order valence-corrected chi connectivity index (χ4v) is 3.33. The van der Waals surface area contributed by atoms with Crippen LogP contribution in [0.2, 0.25) is 0 Å². The van der Waals surface area contributed by atoms with E-state index >= 15 is 0 Å². The SMILES string of the molecule is COCC(NS(=O)(=O)c1ccc(CN)c(C)c1)C(C)C. The number of hydrogen-bond acceptors (Lipinski definition) is 4. The molecule has 0 aliphatic heterocycles. The van der Waals surface area contributed by atoms with E-state index in [1.807, 2.05) is 20.8 Å². The van der Waals surface area contributed by atoms with Crippen LogP contribution in [0.3, 0.4) is 0 Å². The fourth-order valence-electron chi connectivity index (χ4n) is 1.87. The van der Waals surface area contributed by atoms with Gasteiger partial charge in [-0.3, -0.25) is 0 Å². The summed E-state index contributed by atoms with van der Waals surface area (Å²) in [6.07, 6.45) is 0. The average Bonchev–Trinajstić information content (AvgIpc) is 2.37. The monoisotopic (exact) mass is 300 g/mol. The normalized spacial score (nSPS) is 13.7. The van der Waals surface area contributed by atoms with E-state index < -0.39 is 10.0 Å². The summed E-state index contributed by atoms with van der Waals surface area (Å²) in [5.74, 6) is 0.147. The van der Waals surface area contributed by atoms with Crippen molar-refractivity contribution in [2.24, 2.45) is 11.7 Å². The van der Waals surface area contributed by atoms with Gasteiger partial charge in [-0.2, -0.15) is 0 Å². The van der Waals surface area contributed by atoms with Gasteiger partial charge in [0.05, 0.1) is 11.5 Å². The van der Waals surface area contributed by atoms with E-state index in [1.54, 1.807) is 25.3 Å². The summed E-state index contributed by atoms with van der Waals surface area (Å²) in [6.45, 7) is 6.51. The highest BCUT2D eigenvalue weighted by Crippen LogP contribution is 2.16. The molecule has 3 N–H and O–H groups in total. The van der Waals surface area contributed by atoms with Gasteiger partial charge in [-0.05, 0) is 36.1 Å². The third-order valence-corrected chi connectivity index (χ3v) is 4.79. The third-order valence-electron chi connectivity index (χ3n) is 3.30. The minimum Gasteiger partial charge on any atom is -0.383 e. The van der Waals surface area contributed by atoms with Crippen LogP contribution in [0.1, 0.15) is 25.0 Å². The highest BCUT2D eigenvalue weighted by atomic mass is 32.2. The predicted molar refractivity (Wildman–Crippen MR) is 79.9 cm³/mol. The lowest BCUT2D eigenvalue weighted by Crippen LogP contribution is -2.41. The van der Waals surface area contributed by atoms with Crippen LogP contribution in [-0.4, -0.2) is 28.2 Å². The van der Waals surface area contributed by atoms with Crippen molar-refractivity contribution in [2.45, 2.75) is 38.3 Å². The lowest BCUT2D eigenvalue weighted by atomic mass is 10.1. The molecule has 1 aromatic rings. The first-order valence-electron chi connectivity index (χ1n) is 6.62. The molecule has 0 aliphatic rings. The van der Waals surface area contributed by atoms with Crippen LogP contribution < -0.4 is 10.5 Å². The van der Waals surface area contributed by atoms with Gasteiger partial charge in [-0.15, -0.1) is 0 Å². The van der Waals surface area contributed by atoms with Crippen molar-refractivity contribution in [3.8, 4) is 0 Å². The van der Waals surface area contributed by atoms with E-state index in [-0.39, 0.29) is 16.9 Å². The Kier molecular flexibility index (Phi) is 6.13. The number of nitrogens with two attached hydrogens (primary N) is 1. The summed E-state index contributed by atoms with van der Waals surface area (Å²) in [5, 5.41) is 0. The first kappa shape index (κ1) is 17.1. The topological polar surface area (TPSA) is 81.4 Å². The molecule has 0 heterocycles. The highest BCUT2D eigenvalue weighted by molar-refractivity contribution is 7.89. The first-order valence-corrected chi connectivity index (χ1v) is 8.11. The molecule has 0 aliphatic carbocycles. The number of methoxy groups -OCH3 is 1. The van der Waals surface area contributed by atoms with Crippen LogP contribution in [-0.2, 0) is 21.3 Å². The van der Waals surface area contributed by atoms with E-state index in [0.29, 0.717) is 13.2 Å². The van der Waals surface area contributed by atoms with E-state index in [2.05, 4.69) is 4.72 Å². The van der Waals surface area contributed by atoms with E-state index in [4.69, 9.17) is 10.5 Å². The Morgan fingerprint density at radius 2 is 2.00 bits per heavy atom. The van der Waals surface area contributed by atoms with Crippen molar-refractivity contribution in [3.63, 3.8) is 0 Å². The average molecular weight is 300 g/mol. The molecule has 1 rings (SSSR count). The maximum absolute atomic E-state index is 12.4. The third kappa shape index (κ3) is 4.28. The molecule has 0 aromatic heterocycles. The fraction of sp³-hybridized carbons (Fsp3) is 0.571. The molecule has 0 fully saturated rings. The van der Waals surface area contributed by atoms with Crippen LogP contribution >= 0.6 is 0 Å². The van der Waals surface area contributed by atoms with Crippen LogP contribution in [0.4, 0.5) is 0 Å². The van der Waals surface area contributed by atoms with Gasteiger partial charge in [-0.25, -0.2) is 13.1 Å². The minimum absolute atomic E-state index is 0.147. The number of sulfonamides is 1. The number of aryl methyl sites for hydroxylation is 1. The number of ether oxygens (including phenoxy) is 1. The largest absolute Gasteiger partial charge is 0.383 e. The Bertz CT molecular complexity index is 541. The second kappa shape index (κ2) is 7.17. The number of nitrogens with one attached hydrogen (secondary N) is 1. The zero-order valence-electron chi connectivity index (χ0n) is 12.5. The standard InChI is InChI=1S/C14H24N2O3S/c1-10(2)14(9-19-4)16-20(17,18)13-6-5-12(8-15)11(3)7-13/h5-7,10,14,16H,8-9,15H2,1-4H3. The zero-order chi connectivity index (χ0) is 15.3. The molecule has 5 nitrogen and oxygen atoms in total. The smallest absolute Gasteiger partial charge is 0.240 e. The summed E-state index contributed by atoms with van der Waals surface area (Å²) < 4.78 is 32.5. The summed E-state index contributed by atoms with van der Waals surface area (Å²) in [6, 6.07) is 4.74. The van der Waals surface area contributed by atoms with E-state index in [9.17, 15) is 8.42 Å². The Morgan fingerprint density at radius 3 is 2.45 bits per heavy atom. The van der Waals surface area contributed by atoms with Gasteiger partial charge in [0.25, 0.3) is 0 Å². The van der Waals surface area contributed by atoms with Gasteiger partial charge < -0.3 is 10.5 Å². The Labute approximate surface area is 121 Å². The van der Waals surface area contributed by atoms with Crippen molar-refractivity contribution in [1.82, 2.24) is 4.72 Å². The van der Waals surface area contributed by atoms with Crippen LogP contribution in [0, 0.1) is 12.8 Å². The van der Waals surface area contributed by atoms with Crippen molar-refractivity contribution in [1.29, 1.82) is 0 Å². The molecule has 20 heavy (non-hydrogen) atoms. The molecule has 1 aromatic carbocycles. The summed E-state index contributed by atoms with van der Waals surface area (Å²) in [5.41, 5.74) is 7.41. The molecule has 0 spiro atoms. The van der Waals surface area contributed by atoms with Crippen molar-refractivity contribution in [2.75, 3.05) is 13.7 Å². The molecule has 0 saturated carbocycles. The molecule has 6 heteroatoms. The quantitative estimate of drug-likeness (QED) is 0.797. The van der Waals surface area contributed by atoms with E-state index in [0.717, 1.165) is 11.1 Å².